The normalized spacial score (nSPS) is 11.0. The molecule has 0 aliphatic heterocycles. The third-order valence-corrected chi connectivity index (χ3v) is 3.06. The van der Waals surface area contributed by atoms with Crippen LogP contribution in [-0.2, 0) is 6.42 Å². The molecule has 0 fully saturated rings. The van der Waals surface area contributed by atoms with Crippen LogP contribution in [0.5, 0.6) is 0 Å². The summed E-state index contributed by atoms with van der Waals surface area (Å²) in [6.45, 7) is 4.37. The van der Waals surface area contributed by atoms with Gasteiger partial charge in [-0.05, 0) is 43.4 Å². The van der Waals surface area contributed by atoms with E-state index in [2.05, 4.69) is 32.0 Å². The number of aryl methyl sites for hydroxylation is 2. The number of hydrogen-bond donors (Lipinski definition) is 2. The van der Waals surface area contributed by atoms with Crippen molar-refractivity contribution in [3.05, 3.63) is 34.9 Å². The van der Waals surface area contributed by atoms with Crippen LogP contribution in [0.3, 0.4) is 0 Å². The summed E-state index contributed by atoms with van der Waals surface area (Å²) in [6.07, 6.45) is 1.77. The number of aliphatic hydroxyl groups is 2. The molecule has 1 aromatic rings. The smallest absolute Gasteiger partial charge is 0.0481 e. The summed E-state index contributed by atoms with van der Waals surface area (Å²) in [5.41, 5.74) is 3.95. The Morgan fingerprint density at radius 3 is 2.40 bits per heavy atom. The molecule has 0 saturated heterocycles. The average Bonchev–Trinajstić information content (AvgIpc) is 2.25. The van der Waals surface area contributed by atoms with Crippen LogP contribution in [0.15, 0.2) is 18.2 Å². The van der Waals surface area contributed by atoms with Crippen LogP contribution in [0.2, 0.25) is 0 Å². The first-order valence-corrected chi connectivity index (χ1v) is 5.45. The van der Waals surface area contributed by atoms with Crippen LogP contribution in [-0.4, -0.2) is 23.4 Å². The Kier molecular flexibility index (Phi) is 4.79. The van der Waals surface area contributed by atoms with Crippen LogP contribution in [0.1, 0.15) is 23.1 Å². The van der Waals surface area contributed by atoms with Crippen molar-refractivity contribution in [2.24, 2.45) is 5.92 Å². The quantitative estimate of drug-likeness (QED) is 0.775. The van der Waals surface area contributed by atoms with Gasteiger partial charge >= 0.3 is 0 Å². The van der Waals surface area contributed by atoms with E-state index in [-0.39, 0.29) is 19.1 Å². The summed E-state index contributed by atoms with van der Waals surface area (Å²) in [7, 11) is 0. The summed E-state index contributed by atoms with van der Waals surface area (Å²) in [6, 6.07) is 6.28. The van der Waals surface area contributed by atoms with Crippen molar-refractivity contribution in [2.45, 2.75) is 26.7 Å². The zero-order chi connectivity index (χ0) is 11.3. The lowest BCUT2D eigenvalue weighted by Crippen LogP contribution is -2.12. The van der Waals surface area contributed by atoms with Gasteiger partial charge < -0.3 is 10.2 Å². The molecule has 0 aromatic heterocycles. The third-order valence-electron chi connectivity index (χ3n) is 3.06. The van der Waals surface area contributed by atoms with E-state index in [1.807, 2.05) is 0 Å². The Morgan fingerprint density at radius 1 is 1.13 bits per heavy atom. The lowest BCUT2D eigenvalue weighted by Gasteiger charge is -2.12. The third kappa shape index (κ3) is 3.33. The van der Waals surface area contributed by atoms with E-state index < -0.39 is 0 Å². The van der Waals surface area contributed by atoms with Gasteiger partial charge in [-0.25, -0.2) is 0 Å². The molecule has 1 aromatic carbocycles. The summed E-state index contributed by atoms with van der Waals surface area (Å²) >= 11 is 0. The second kappa shape index (κ2) is 5.89. The Morgan fingerprint density at radius 2 is 1.80 bits per heavy atom. The summed E-state index contributed by atoms with van der Waals surface area (Å²) < 4.78 is 0. The van der Waals surface area contributed by atoms with Crippen LogP contribution < -0.4 is 0 Å². The average molecular weight is 208 g/mol. The minimum absolute atomic E-state index is 0.0184. The second-order valence-corrected chi connectivity index (χ2v) is 4.13. The molecule has 0 saturated carbocycles. The summed E-state index contributed by atoms with van der Waals surface area (Å²) in [5, 5.41) is 17.9. The van der Waals surface area contributed by atoms with Gasteiger partial charge in [-0.15, -0.1) is 0 Å². The first-order chi connectivity index (χ1) is 7.19. The molecule has 0 aliphatic carbocycles. The number of rotatable bonds is 5. The van der Waals surface area contributed by atoms with Crippen molar-refractivity contribution in [2.75, 3.05) is 13.2 Å². The lowest BCUT2D eigenvalue weighted by atomic mass is 9.96. The molecule has 0 amide bonds. The van der Waals surface area contributed by atoms with E-state index >= 15 is 0 Å². The lowest BCUT2D eigenvalue weighted by molar-refractivity contribution is 0.144. The molecule has 0 unspecified atom stereocenters. The van der Waals surface area contributed by atoms with Crippen molar-refractivity contribution in [1.82, 2.24) is 0 Å². The van der Waals surface area contributed by atoms with Crippen LogP contribution in [0.4, 0.5) is 0 Å². The van der Waals surface area contributed by atoms with Gasteiger partial charge in [0.1, 0.15) is 0 Å². The fourth-order valence-electron chi connectivity index (χ4n) is 1.68. The molecule has 1 rings (SSSR count). The van der Waals surface area contributed by atoms with Gasteiger partial charge in [-0.3, -0.25) is 0 Å². The number of aliphatic hydroxyl groups excluding tert-OH is 2. The molecule has 0 spiro atoms. The molecule has 0 radical (unpaired) electrons. The van der Waals surface area contributed by atoms with Gasteiger partial charge in [0.05, 0.1) is 0 Å². The van der Waals surface area contributed by atoms with Crippen LogP contribution in [0, 0.1) is 19.8 Å². The van der Waals surface area contributed by atoms with Gasteiger partial charge in [0.25, 0.3) is 0 Å². The van der Waals surface area contributed by atoms with E-state index in [1.165, 1.54) is 16.7 Å². The molecule has 2 heteroatoms. The number of benzene rings is 1. The maximum Gasteiger partial charge on any atom is 0.0481 e. The molecule has 0 aliphatic rings. The molecule has 84 valence electrons. The Balaban J connectivity index is 2.61. The van der Waals surface area contributed by atoms with Crippen LogP contribution >= 0.6 is 0 Å². The zero-order valence-corrected chi connectivity index (χ0v) is 9.53. The molecular weight excluding hydrogens is 188 g/mol. The topological polar surface area (TPSA) is 40.5 Å². The second-order valence-electron chi connectivity index (χ2n) is 4.13. The Hall–Kier alpha value is -0.860. The molecule has 0 heterocycles. The van der Waals surface area contributed by atoms with Gasteiger partial charge in [0.2, 0.25) is 0 Å². The van der Waals surface area contributed by atoms with Crippen molar-refractivity contribution >= 4 is 0 Å². The maximum atomic E-state index is 8.97. The fourth-order valence-corrected chi connectivity index (χ4v) is 1.68. The SMILES string of the molecule is Cc1cccc(CCC(CO)CO)c1C. The van der Waals surface area contributed by atoms with E-state index in [4.69, 9.17) is 10.2 Å². The van der Waals surface area contributed by atoms with Crippen LogP contribution in [0.25, 0.3) is 0 Å². The molecule has 0 atom stereocenters. The van der Waals surface area contributed by atoms with E-state index in [0.717, 1.165) is 12.8 Å². The molecule has 0 bridgehead atoms. The van der Waals surface area contributed by atoms with Crippen molar-refractivity contribution in [3.8, 4) is 0 Å². The van der Waals surface area contributed by atoms with E-state index in [1.54, 1.807) is 0 Å². The molecule has 2 N–H and O–H groups in total. The Labute approximate surface area is 91.6 Å². The van der Waals surface area contributed by atoms with Gasteiger partial charge in [0, 0.05) is 19.1 Å². The fraction of sp³-hybridized carbons (Fsp3) is 0.538. The van der Waals surface area contributed by atoms with E-state index in [0.29, 0.717) is 0 Å². The predicted molar refractivity (Wildman–Crippen MR) is 61.9 cm³/mol. The predicted octanol–water partition coefficient (Wildman–Crippen LogP) is 1.84. The molecular formula is C13H20O2. The van der Waals surface area contributed by atoms with Gasteiger partial charge in [-0.1, -0.05) is 18.2 Å². The summed E-state index contributed by atoms with van der Waals surface area (Å²) in [4.78, 5) is 0. The van der Waals surface area contributed by atoms with Gasteiger partial charge in [0.15, 0.2) is 0 Å². The number of hydrogen-bond acceptors (Lipinski definition) is 2. The highest BCUT2D eigenvalue weighted by molar-refractivity contribution is 5.33. The Bertz CT molecular complexity index is 303. The maximum absolute atomic E-state index is 8.97. The molecule has 15 heavy (non-hydrogen) atoms. The van der Waals surface area contributed by atoms with Crippen molar-refractivity contribution in [1.29, 1.82) is 0 Å². The highest BCUT2D eigenvalue weighted by Gasteiger charge is 2.07. The standard InChI is InChI=1S/C13H20O2/c1-10-4-3-5-13(11(10)2)7-6-12(8-14)9-15/h3-5,12,14-15H,6-9H2,1-2H3. The molecule has 2 nitrogen and oxygen atoms in total. The summed E-state index contributed by atoms with van der Waals surface area (Å²) in [5.74, 6) is 0.0184. The van der Waals surface area contributed by atoms with Gasteiger partial charge in [-0.2, -0.15) is 0 Å². The monoisotopic (exact) mass is 208 g/mol. The first-order valence-electron chi connectivity index (χ1n) is 5.45. The zero-order valence-electron chi connectivity index (χ0n) is 9.53. The minimum Gasteiger partial charge on any atom is -0.396 e. The largest absolute Gasteiger partial charge is 0.396 e. The first kappa shape index (κ1) is 12.2. The highest BCUT2D eigenvalue weighted by atomic mass is 16.3. The van der Waals surface area contributed by atoms with Crippen molar-refractivity contribution in [3.63, 3.8) is 0 Å². The minimum atomic E-state index is 0.0184. The van der Waals surface area contributed by atoms with E-state index in [9.17, 15) is 0 Å². The van der Waals surface area contributed by atoms with Crippen molar-refractivity contribution < 1.29 is 10.2 Å². The highest BCUT2D eigenvalue weighted by Crippen LogP contribution is 2.16.